The molecule has 0 spiro atoms. The highest BCUT2D eigenvalue weighted by Gasteiger charge is 2.26. The molecule has 0 radical (unpaired) electrons. The van der Waals surface area contributed by atoms with Crippen LogP contribution in [0.25, 0.3) is 0 Å². The highest BCUT2D eigenvalue weighted by atomic mass is 127. The fraction of sp³-hybridized carbons (Fsp3) is 0.750. The van der Waals surface area contributed by atoms with Gasteiger partial charge in [-0.05, 0) is 31.1 Å². The monoisotopic (exact) mass is 585 g/mol. The third-order valence-corrected chi connectivity index (χ3v) is 5.01. The number of hydrogen-bond donors (Lipinski definition) is 3. The van der Waals surface area contributed by atoms with E-state index in [2.05, 4.69) is 57.3 Å². The molecule has 0 aromatic carbocycles. The van der Waals surface area contributed by atoms with Gasteiger partial charge in [0.1, 0.15) is 0 Å². The number of halogens is 1. The lowest BCUT2D eigenvalue weighted by Crippen LogP contribution is -2.51. The lowest BCUT2D eigenvalue weighted by atomic mass is 9.92. The van der Waals surface area contributed by atoms with E-state index in [-0.39, 0.29) is 35.3 Å². The third kappa shape index (κ3) is 17.6. The van der Waals surface area contributed by atoms with Gasteiger partial charge in [0.2, 0.25) is 5.91 Å². The number of carboxylic acid groups (broad SMARTS) is 1. The van der Waals surface area contributed by atoms with Crippen molar-refractivity contribution in [2.75, 3.05) is 13.1 Å². The predicted octanol–water partition coefficient (Wildman–Crippen LogP) is 3.58. The molecule has 8 nitrogen and oxygen atoms in total. The molecule has 1 rings (SSSR count). The van der Waals surface area contributed by atoms with Crippen LogP contribution in [-0.2, 0) is 23.9 Å². The van der Waals surface area contributed by atoms with Gasteiger partial charge in [0.15, 0.2) is 0 Å². The number of esters is 2. The number of rotatable bonds is 6. The SMILES string of the molecule is CC(C(=O)O)C(C)C(=O)NCCC(C)(C)C.CC(C)(C)CC[NH3+].CC1=C(C)C(=O)OC1=O.I. The second-order valence-electron chi connectivity index (χ2n) is 10.6. The first-order valence-corrected chi connectivity index (χ1v) is 11.1. The number of carbonyl (C=O) groups excluding carboxylic acids is 3. The Balaban J connectivity index is -0.000000446. The molecular formula is C24H46IN2O6+. The van der Waals surface area contributed by atoms with Crippen LogP contribution < -0.4 is 11.1 Å². The molecule has 0 fully saturated rings. The Hall–Kier alpha value is -1.49. The van der Waals surface area contributed by atoms with Crippen molar-refractivity contribution < 1.29 is 34.8 Å². The fourth-order valence-electron chi connectivity index (χ4n) is 2.24. The summed E-state index contributed by atoms with van der Waals surface area (Å²) in [6, 6.07) is 0. The molecule has 9 heteroatoms. The molecular weight excluding hydrogens is 539 g/mol. The summed E-state index contributed by atoms with van der Waals surface area (Å²) in [4.78, 5) is 43.3. The average molecular weight is 586 g/mol. The minimum absolute atomic E-state index is 0. The van der Waals surface area contributed by atoms with E-state index in [0.29, 0.717) is 23.1 Å². The van der Waals surface area contributed by atoms with E-state index in [1.165, 1.54) is 6.42 Å². The molecule has 5 N–H and O–H groups in total. The summed E-state index contributed by atoms with van der Waals surface area (Å²) < 4.78 is 4.23. The molecule has 1 amide bonds. The van der Waals surface area contributed by atoms with E-state index >= 15 is 0 Å². The second-order valence-corrected chi connectivity index (χ2v) is 10.6. The molecule has 1 aliphatic rings. The summed E-state index contributed by atoms with van der Waals surface area (Å²) in [5.41, 5.74) is 5.27. The maximum absolute atomic E-state index is 11.6. The summed E-state index contributed by atoms with van der Waals surface area (Å²) in [7, 11) is 0. The minimum Gasteiger partial charge on any atom is -0.481 e. The van der Waals surface area contributed by atoms with Crippen molar-refractivity contribution in [3.8, 4) is 0 Å². The molecule has 2 unspecified atom stereocenters. The first-order chi connectivity index (χ1) is 14.3. The van der Waals surface area contributed by atoms with Crippen molar-refractivity contribution >= 4 is 47.8 Å². The number of ether oxygens (including phenoxy) is 1. The van der Waals surface area contributed by atoms with Gasteiger partial charge in [0.25, 0.3) is 0 Å². The van der Waals surface area contributed by atoms with Gasteiger partial charge in [-0.2, -0.15) is 0 Å². The fourth-order valence-corrected chi connectivity index (χ4v) is 2.24. The number of cyclic esters (lactones) is 2. The lowest BCUT2D eigenvalue weighted by molar-refractivity contribution is -0.371. The maximum Gasteiger partial charge on any atom is 0.342 e. The summed E-state index contributed by atoms with van der Waals surface area (Å²) in [6.45, 7) is 21.0. The average Bonchev–Trinajstić information content (AvgIpc) is 2.85. The van der Waals surface area contributed by atoms with Crippen molar-refractivity contribution in [1.82, 2.24) is 5.32 Å². The smallest absolute Gasteiger partial charge is 0.342 e. The van der Waals surface area contributed by atoms with E-state index in [1.54, 1.807) is 27.7 Å². The van der Waals surface area contributed by atoms with Crippen LogP contribution in [0, 0.1) is 22.7 Å². The van der Waals surface area contributed by atoms with Crippen molar-refractivity contribution in [2.24, 2.45) is 22.7 Å². The van der Waals surface area contributed by atoms with Crippen LogP contribution in [0.4, 0.5) is 0 Å². The molecule has 0 saturated carbocycles. The van der Waals surface area contributed by atoms with Gasteiger partial charge in [-0.25, -0.2) is 9.59 Å². The second kappa shape index (κ2) is 16.2. The zero-order valence-corrected chi connectivity index (χ0v) is 24.4. The lowest BCUT2D eigenvalue weighted by Gasteiger charge is -2.20. The topological polar surface area (TPSA) is 137 Å². The van der Waals surface area contributed by atoms with Gasteiger partial charge < -0.3 is 20.9 Å². The Labute approximate surface area is 216 Å². The summed E-state index contributed by atoms with van der Waals surface area (Å²) >= 11 is 0. The highest BCUT2D eigenvalue weighted by molar-refractivity contribution is 14.0. The molecule has 0 aliphatic carbocycles. The van der Waals surface area contributed by atoms with Crippen molar-refractivity contribution in [1.29, 1.82) is 0 Å². The van der Waals surface area contributed by atoms with E-state index in [1.807, 2.05) is 0 Å². The minimum atomic E-state index is -0.932. The number of carboxylic acids is 1. The molecule has 1 heterocycles. The number of quaternary nitrogens is 1. The molecule has 2 atom stereocenters. The molecule has 194 valence electrons. The molecule has 0 saturated heterocycles. The van der Waals surface area contributed by atoms with Gasteiger partial charge >= 0.3 is 17.9 Å². The normalized spacial score (nSPS) is 15.1. The quantitative estimate of drug-likeness (QED) is 0.248. The number of amides is 1. The van der Waals surface area contributed by atoms with Gasteiger partial charge in [0.05, 0.1) is 12.5 Å². The van der Waals surface area contributed by atoms with E-state index < -0.39 is 29.7 Å². The van der Waals surface area contributed by atoms with Crippen LogP contribution in [0.15, 0.2) is 11.1 Å². The molecule has 0 aromatic heterocycles. The Morgan fingerprint density at radius 3 is 1.52 bits per heavy atom. The Bertz CT molecular complexity index is 668. The van der Waals surface area contributed by atoms with Crippen LogP contribution in [0.1, 0.15) is 82.1 Å². The van der Waals surface area contributed by atoms with Gasteiger partial charge in [-0.1, -0.05) is 55.4 Å². The maximum atomic E-state index is 11.6. The van der Waals surface area contributed by atoms with Crippen LogP contribution in [0.3, 0.4) is 0 Å². The predicted molar refractivity (Wildman–Crippen MR) is 140 cm³/mol. The largest absolute Gasteiger partial charge is 0.481 e. The van der Waals surface area contributed by atoms with Crippen molar-refractivity contribution in [2.45, 2.75) is 82.1 Å². The van der Waals surface area contributed by atoms with Crippen molar-refractivity contribution in [3.63, 3.8) is 0 Å². The molecule has 1 aliphatic heterocycles. The van der Waals surface area contributed by atoms with E-state index in [0.717, 1.165) is 13.0 Å². The number of aliphatic carboxylic acids is 1. The summed E-state index contributed by atoms with van der Waals surface area (Å²) in [5.74, 6) is -3.28. The molecule has 0 aromatic rings. The van der Waals surface area contributed by atoms with Gasteiger partial charge in [-0.3, -0.25) is 9.59 Å². The Morgan fingerprint density at radius 1 is 0.909 bits per heavy atom. The van der Waals surface area contributed by atoms with E-state index in [4.69, 9.17) is 5.11 Å². The van der Waals surface area contributed by atoms with Crippen LogP contribution in [0.5, 0.6) is 0 Å². The molecule has 0 bridgehead atoms. The Kier molecular flexibility index (Phi) is 17.7. The Morgan fingerprint density at radius 2 is 1.30 bits per heavy atom. The van der Waals surface area contributed by atoms with Gasteiger partial charge in [0, 0.05) is 30.0 Å². The first-order valence-electron chi connectivity index (χ1n) is 11.1. The number of hydrogen-bond acceptors (Lipinski definition) is 5. The van der Waals surface area contributed by atoms with Crippen LogP contribution in [0.2, 0.25) is 0 Å². The first kappa shape index (κ1) is 36.1. The highest BCUT2D eigenvalue weighted by Crippen LogP contribution is 2.18. The summed E-state index contributed by atoms with van der Waals surface area (Å²) in [5, 5.41) is 11.5. The number of carbonyl (C=O) groups is 4. The van der Waals surface area contributed by atoms with Crippen LogP contribution >= 0.6 is 24.0 Å². The summed E-state index contributed by atoms with van der Waals surface area (Å²) in [6.07, 6.45) is 2.11. The zero-order valence-electron chi connectivity index (χ0n) is 22.1. The van der Waals surface area contributed by atoms with Gasteiger partial charge in [-0.15, -0.1) is 24.0 Å². The standard InChI is InChI=1S/C12H23NO3.C6H15N.C6H6O3.HI/c1-8(9(2)11(15)16)10(14)13-7-6-12(3,4)5;1-6(2,3)4-5-7;1-3-4(2)6(8)9-5(3)7;/h8-9H,6-7H2,1-5H3,(H,13,14)(H,15,16);4-5,7H2,1-3H3;1-2H3;1H/p+1. The number of nitrogens with one attached hydrogen (secondary N) is 1. The van der Waals surface area contributed by atoms with Crippen molar-refractivity contribution in [3.05, 3.63) is 11.1 Å². The zero-order chi connectivity index (χ0) is 25.9. The third-order valence-electron chi connectivity index (χ3n) is 5.01. The van der Waals surface area contributed by atoms with E-state index in [9.17, 15) is 19.2 Å². The molecule has 33 heavy (non-hydrogen) atoms. The van der Waals surface area contributed by atoms with Crippen LogP contribution in [-0.4, -0.2) is 42.0 Å².